The Morgan fingerprint density at radius 2 is 1.83 bits per heavy atom. The Kier molecular flexibility index (Phi) is 6.05. The van der Waals surface area contributed by atoms with Crippen molar-refractivity contribution in [2.24, 2.45) is 11.8 Å². The van der Waals surface area contributed by atoms with Crippen molar-refractivity contribution in [3.05, 3.63) is 24.3 Å². The van der Waals surface area contributed by atoms with Crippen LogP contribution in [0.4, 0.5) is 16.2 Å². The Bertz CT molecular complexity index is 817. The molecule has 0 aliphatic carbocycles. The number of anilines is 2. The van der Waals surface area contributed by atoms with Gasteiger partial charge in [0, 0.05) is 25.0 Å². The number of para-hydroxylation sites is 2. The van der Waals surface area contributed by atoms with Crippen LogP contribution in [0.3, 0.4) is 0 Å². The number of urea groups is 1. The Hall–Kier alpha value is -3.10. The van der Waals surface area contributed by atoms with Gasteiger partial charge < -0.3 is 25.4 Å². The summed E-state index contributed by atoms with van der Waals surface area (Å²) in [5, 5.41) is 16.5. The van der Waals surface area contributed by atoms with E-state index in [9.17, 15) is 24.3 Å². The Morgan fingerprint density at radius 3 is 2.45 bits per heavy atom. The second kappa shape index (κ2) is 8.50. The molecular weight excluding hydrogens is 376 g/mol. The summed E-state index contributed by atoms with van der Waals surface area (Å²) < 4.78 is 0. The third-order valence-electron chi connectivity index (χ3n) is 5.37. The van der Waals surface area contributed by atoms with Crippen molar-refractivity contribution in [3.63, 3.8) is 0 Å². The molecule has 0 unspecified atom stereocenters. The molecule has 1 atom stereocenters. The molecule has 0 bridgehead atoms. The molecule has 29 heavy (non-hydrogen) atoms. The molecule has 1 saturated heterocycles. The monoisotopic (exact) mass is 401 g/mol. The van der Waals surface area contributed by atoms with Crippen molar-refractivity contribution in [2.45, 2.75) is 32.7 Å². The average molecular weight is 401 g/mol. The number of nitrogens with one attached hydrogen (secondary N) is 2. The van der Waals surface area contributed by atoms with Gasteiger partial charge >= 0.3 is 6.03 Å². The van der Waals surface area contributed by atoms with E-state index in [2.05, 4.69) is 10.6 Å². The van der Waals surface area contributed by atoms with Gasteiger partial charge in [-0.2, -0.15) is 0 Å². The van der Waals surface area contributed by atoms with Crippen LogP contribution in [0, 0.1) is 11.8 Å². The zero-order chi connectivity index (χ0) is 21.1. The van der Waals surface area contributed by atoms with Gasteiger partial charge in [-0.15, -0.1) is 0 Å². The number of hydrogen-bond acceptors (Lipinski definition) is 5. The standard InChI is InChI=1S/C20H26N4O5/c1-12(2)17(18(26)23-9-7-13(8-10-23)19(27)28)22-20(29)24-11-16(25)21-14-5-3-4-6-15(14)24/h3-6,12-13,17H,7-11H2,1-2H3,(H,21,25)(H,22,29)(H,27,28)/p-1/t17-/m0/s1. The summed E-state index contributed by atoms with van der Waals surface area (Å²) in [5.41, 5.74) is 1.10. The van der Waals surface area contributed by atoms with Crippen LogP contribution >= 0.6 is 0 Å². The van der Waals surface area contributed by atoms with Crippen molar-refractivity contribution < 1.29 is 24.3 Å². The molecule has 4 amide bonds. The van der Waals surface area contributed by atoms with Gasteiger partial charge in [-0.3, -0.25) is 14.5 Å². The second-order valence-electron chi connectivity index (χ2n) is 7.74. The van der Waals surface area contributed by atoms with Crippen LogP contribution < -0.4 is 20.6 Å². The fourth-order valence-electron chi connectivity index (χ4n) is 3.67. The third kappa shape index (κ3) is 4.49. The van der Waals surface area contributed by atoms with Crippen LogP contribution in [-0.4, -0.2) is 54.4 Å². The zero-order valence-corrected chi connectivity index (χ0v) is 16.5. The summed E-state index contributed by atoms with van der Waals surface area (Å²) in [4.78, 5) is 51.8. The zero-order valence-electron chi connectivity index (χ0n) is 16.5. The summed E-state index contributed by atoms with van der Waals surface area (Å²) in [6.45, 7) is 4.14. The highest BCUT2D eigenvalue weighted by atomic mass is 16.4. The predicted octanol–water partition coefficient (Wildman–Crippen LogP) is 0.168. The van der Waals surface area contributed by atoms with E-state index < -0.39 is 24.0 Å². The maximum atomic E-state index is 13.0. The van der Waals surface area contributed by atoms with Crippen LogP contribution in [0.5, 0.6) is 0 Å². The number of fused-ring (bicyclic) bond motifs is 1. The SMILES string of the molecule is CC(C)[C@H](NC(=O)N1CC(=O)Nc2ccccc21)C(=O)N1CCC(C(=O)[O-])CC1. The molecule has 156 valence electrons. The van der Waals surface area contributed by atoms with E-state index in [-0.39, 0.29) is 24.3 Å². The second-order valence-corrected chi connectivity index (χ2v) is 7.74. The van der Waals surface area contributed by atoms with Crippen LogP contribution in [0.25, 0.3) is 0 Å². The number of rotatable bonds is 4. The third-order valence-corrected chi connectivity index (χ3v) is 5.37. The minimum Gasteiger partial charge on any atom is -0.550 e. The number of likely N-dealkylation sites (tertiary alicyclic amines) is 1. The summed E-state index contributed by atoms with van der Waals surface area (Å²) >= 11 is 0. The molecule has 3 rings (SSSR count). The molecule has 0 radical (unpaired) electrons. The van der Waals surface area contributed by atoms with Crippen LogP contribution in [0.1, 0.15) is 26.7 Å². The van der Waals surface area contributed by atoms with E-state index in [4.69, 9.17) is 0 Å². The lowest BCUT2D eigenvalue weighted by Gasteiger charge is -2.36. The molecule has 1 fully saturated rings. The smallest absolute Gasteiger partial charge is 0.323 e. The molecule has 1 aromatic carbocycles. The highest BCUT2D eigenvalue weighted by molar-refractivity contribution is 6.10. The largest absolute Gasteiger partial charge is 0.550 e. The van der Waals surface area contributed by atoms with Gasteiger partial charge in [0.1, 0.15) is 12.6 Å². The minimum absolute atomic E-state index is 0.140. The number of carboxylic acids is 1. The van der Waals surface area contributed by atoms with Crippen molar-refractivity contribution >= 4 is 35.2 Å². The first-order chi connectivity index (χ1) is 13.8. The molecule has 2 aliphatic heterocycles. The topological polar surface area (TPSA) is 122 Å². The summed E-state index contributed by atoms with van der Waals surface area (Å²) in [6, 6.07) is 5.66. The number of hydrogen-bond donors (Lipinski definition) is 2. The van der Waals surface area contributed by atoms with Gasteiger partial charge in [0.15, 0.2) is 0 Å². The van der Waals surface area contributed by atoms with E-state index in [1.165, 1.54) is 4.90 Å². The van der Waals surface area contributed by atoms with Gasteiger partial charge in [-0.25, -0.2) is 4.79 Å². The molecule has 0 saturated carbocycles. The number of carbonyl (C=O) groups is 4. The van der Waals surface area contributed by atoms with Gasteiger partial charge in [0.25, 0.3) is 0 Å². The lowest BCUT2D eigenvalue weighted by molar-refractivity contribution is -0.312. The fraction of sp³-hybridized carbons (Fsp3) is 0.500. The molecule has 9 nitrogen and oxygen atoms in total. The number of nitrogens with zero attached hydrogens (tertiary/aromatic N) is 2. The molecule has 0 aromatic heterocycles. The van der Waals surface area contributed by atoms with E-state index in [1.54, 1.807) is 29.2 Å². The molecule has 1 aromatic rings. The first-order valence-electron chi connectivity index (χ1n) is 9.74. The number of carbonyl (C=O) groups excluding carboxylic acids is 4. The highest BCUT2D eigenvalue weighted by Gasteiger charge is 2.34. The molecule has 2 N–H and O–H groups in total. The van der Waals surface area contributed by atoms with Gasteiger partial charge in [-0.1, -0.05) is 26.0 Å². The summed E-state index contributed by atoms with van der Waals surface area (Å²) in [5.74, 6) is -2.38. The summed E-state index contributed by atoms with van der Waals surface area (Å²) in [7, 11) is 0. The number of aliphatic carboxylic acids is 1. The van der Waals surface area contributed by atoms with Gasteiger partial charge in [0.05, 0.1) is 11.4 Å². The van der Waals surface area contributed by atoms with Gasteiger partial charge in [-0.05, 0) is 30.9 Å². The average Bonchev–Trinajstić information content (AvgIpc) is 2.70. The first kappa shape index (κ1) is 20.6. The lowest BCUT2D eigenvalue weighted by atomic mass is 9.95. The van der Waals surface area contributed by atoms with Crippen molar-refractivity contribution in [1.82, 2.24) is 10.2 Å². The van der Waals surface area contributed by atoms with E-state index >= 15 is 0 Å². The van der Waals surface area contributed by atoms with E-state index in [0.717, 1.165) is 0 Å². The van der Waals surface area contributed by atoms with E-state index in [1.807, 2.05) is 13.8 Å². The Morgan fingerprint density at radius 1 is 1.17 bits per heavy atom. The fourth-order valence-corrected chi connectivity index (χ4v) is 3.67. The van der Waals surface area contributed by atoms with Crippen LogP contribution in [-0.2, 0) is 14.4 Å². The number of piperidine rings is 1. The van der Waals surface area contributed by atoms with E-state index in [0.29, 0.717) is 37.3 Å². The maximum Gasteiger partial charge on any atom is 0.323 e. The molecule has 2 aliphatic rings. The number of carboxylic acid groups (broad SMARTS) is 1. The minimum atomic E-state index is -1.09. The van der Waals surface area contributed by atoms with Crippen LogP contribution in [0.15, 0.2) is 24.3 Å². The Labute approximate surface area is 169 Å². The number of benzene rings is 1. The molecule has 9 heteroatoms. The first-order valence-corrected chi connectivity index (χ1v) is 9.74. The molecule has 0 spiro atoms. The maximum absolute atomic E-state index is 13.0. The quantitative estimate of drug-likeness (QED) is 0.745. The summed E-state index contributed by atoms with van der Waals surface area (Å²) in [6.07, 6.45) is 0.680. The Balaban J connectivity index is 1.71. The molecule has 2 heterocycles. The normalized spacial score (nSPS) is 18.1. The highest BCUT2D eigenvalue weighted by Crippen LogP contribution is 2.29. The predicted molar refractivity (Wildman–Crippen MR) is 104 cm³/mol. The van der Waals surface area contributed by atoms with Crippen molar-refractivity contribution in [3.8, 4) is 0 Å². The lowest BCUT2D eigenvalue weighted by Crippen LogP contribution is -2.57. The van der Waals surface area contributed by atoms with Gasteiger partial charge in [0.2, 0.25) is 11.8 Å². The van der Waals surface area contributed by atoms with Crippen LogP contribution in [0.2, 0.25) is 0 Å². The molecular formula is C20H25N4O5-. The van der Waals surface area contributed by atoms with Crippen molar-refractivity contribution in [1.29, 1.82) is 0 Å². The number of amides is 4. The van der Waals surface area contributed by atoms with Crippen molar-refractivity contribution in [2.75, 3.05) is 29.9 Å².